The number of benzene rings is 3. The number of rotatable bonds is 3. The molecule has 6 nitrogen and oxygen atoms in total. The molecule has 5 aromatic rings. The van der Waals surface area contributed by atoms with Crippen molar-refractivity contribution in [2.45, 2.75) is 5.92 Å². The van der Waals surface area contributed by atoms with Gasteiger partial charge in [-0.15, -0.1) is 0 Å². The van der Waals surface area contributed by atoms with Gasteiger partial charge in [-0.05, 0) is 54.1 Å². The third kappa shape index (κ3) is 3.70. The maximum atomic E-state index is 13.1. The predicted octanol–water partition coefficient (Wildman–Crippen LogP) is 6.45. The molecule has 0 unspecified atom stereocenters. The maximum Gasteiger partial charge on any atom is 0.344 e. The van der Waals surface area contributed by atoms with Crippen molar-refractivity contribution in [2.24, 2.45) is 0 Å². The van der Waals surface area contributed by atoms with Crippen molar-refractivity contribution < 1.29 is 19.0 Å². The van der Waals surface area contributed by atoms with E-state index in [1.54, 1.807) is 24.3 Å². The molecule has 0 atom stereocenters. The van der Waals surface area contributed by atoms with Crippen LogP contribution in [0.4, 0.5) is 0 Å². The number of hydrogen-bond donors (Lipinski definition) is 2. The third-order valence-electron chi connectivity index (χ3n) is 5.53. The Hall–Kier alpha value is -3.45. The average molecular weight is 516 g/mol. The molecule has 0 spiro atoms. The zero-order valence-electron chi connectivity index (χ0n) is 17.0. The summed E-state index contributed by atoms with van der Waals surface area (Å²) in [6.45, 7) is 0. The van der Waals surface area contributed by atoms with Gasteiger partial charge in [0.25, 0.3) is 0 Å². The molecule has 3 aromatic carbocycles. The van der Waals surface area contributed by atoms with Gasteiger partial charge in [0.05, 0.1) is 27.8 Å². The summed E-state index contributed by atoms with van der Waals surface area (Å²) in [6, 6.07) is 15.0. The lowest BCUT2D eigenvalue weighted by atomic mass is 9.84. The molecule has 0 aliphatic rings. The molecule has 170 valence electrons. The van der Waals surface area contributed by atoms with E-state index in [0.29, 0.717) is 20.6 Å². The molecule has 0 aliphatic heterocycles. The Bertz CT molecular complexity index is 1600. The Morgan fingerprint density at radius 2 is 1.03 bits per heavy atom. The summed E-state index contributed by atoms with van der Waals surface area (Å²) in [7, 11) is 0. The van der Waals surface area contributed by atoms with E-state index in [0.717, 1.165) is 0 Å². The van der Waals surface area contributed by atoms with Crippen molar-refractivity contribution in [3.63, 3.8) is 0 Å². The second kappa shape index (κ2) is 8.40. The quantitative estimate of drug-likeness (QED) is 0.268. The van der Waals surface area contributed by atoms with Crippen LogP contribution in [0.15, 0.2) is 79.1 Å². The normalized spacial score (nSPS) is 11.5. The highest BCUT2D eigenvalue weighted by Gasteiger charge is 2.32. The molecule has 5 rings (SSSR count). The minimum Gasteiger partial charge on any atom is -0.507 e. The van der Waals surface area contributed by atoms with E-state index in [-0.39, 0.29) is 33.1 Å². The molecule has 9 heteroatoms. The van der Waals surface area contributed by atoms with Gasteiger partial charge in [0.2, 0.25) is 0 Å². The van der Waals surface area contributed by atoms with Gasteiger partial charge in [-0.25, -0.2) is 9.59 Å². The summed E-state index contributed by atoms with van der Waals surface area (Å²) in [6.07, 6.45) is 0. The zero-order valence-corrected chi connectivity index (χ0v) is 19.3. The first-order chi connectivity index (χ1) is 16.2. The van der Waals surface area contributed by atoms with Crippen LogP contribution < -0.4 is 11.3 Å². The summed E-state index contributed by atoms with van der Waals surface area (Å²) in [4.78, 5) is 26.2. The van der Waals surface area contributed by atoms with Gasteiger partial charge < -0.3 is 19.0 Å². The monoisotopic (exact) mass is 514 g/mol. The fourth-order valence-corrected chi connectivity index (χ4v) is 4.46. The number of aromatic hydroxyl groups is 2. The van der Waals surface area contributed by atoms with E-state index in [2.05, 4.69) is 0 Å². The van der Waals surface area contributed by atoms with Gasteiger partial charge in [0, 0.05) is 15.1 Å². The molecule has 0 radical (unpaired) electrons. The SMILES string of the molecule is O=c1oc2ccc(Cl)cc2c(O)c1C(c1ccc(Cl)cc1)c1c(O)c2cc(Cl)ccc2oc1=O. The van der Waals surface area contributed by atoms with Crippen LogP contribution in [0.25, 0.3) is 21.9 Å². The molecule has 0 fully saturated rings. The lowest BCUT2D eigenvalue weighted by molar-refractivity contribution is 0.441. The summed E-state index contributed by atoms with van der Waals surface area (Å²) >= 11 is 18.2. The van der Waals surface area contributed by atoms with Gasteiger partial charge in [-0.3, -0.25) is 0 Å². The van der Waals surface area contributed by atoms with Crippen LogP contribution in [-0.4, -0.2) is 10.2 Å². The van der Waals surface area contributed by atoms with Gasteiger partial charge in [0.15, 0.2) is 0 Å². The summed E-state index contributed by atoms with van der Waals surface area (Å²) < 4.78 is 10.9. The van der Waals surface area contributed by atoms with Crippen molar-refractivity contribution in [2.75, 3.05) is 0 Å². The highest BCUT2D eigenvalue weighted by Crippen LogP contribution is 2.42. The van der Waals surface area contributed by atoms with Crippen LogP contribution in [0.1, 0.15) is 22.6 Å². The Kier molecular flexibility index (Phi) is 5.52. The van der Waals surface area contributed by atoms with Crippen molar-refractivity contribution in [3.8, 4) is 11.5 Å². The van der Waals surface area contributed by atoms with E-state index in [9.17, 15) is 19.8 Å². The lowest BCUT2D eigenvalue weighted by Gasteiger charge is -2.20. The third-order valence-corrected chi connectivity index (χ3v) is 6.25. The van der Waals surface area contributed by atoms with Gasteiger partial charge in [-0.2, -0.15) is 0 Å². The first kappa shape index (κ1) is 22.3. The van der Waals surface area contributed by atoms with Crippen molar-refractivity contribution in [3.05, 3.63) is 113 Å². The molecular formula is C25H13Cl3O6. The van der Waals surface area contributed by atoms with E-state index in [1.807, 2.05) is 0 Å². The molecule has 2 N–H and O–H groups in total. The van der Waals surface area contributed by atoms with Crippen LogP contribution in [0, 0.1) is 0 Å². The predicted molar refractivity (Wildman–Crippen MR) is 131 cm³/mol. The fourth-order valence-electron chi connectivity index (χ4n) is 3.99. The molecule has 34 heavy (non-hydrogen) atoms. The van der Waals surface area contributed by atoms with Crippen molar-refractivity contribution in [1.82, 2.24) is 0 Å². The molecule has 0 bridgehead atoms. The van der Waals surface area contributed by atoms with Crippen molar-refractivity contribution >= 4 is 56.7 Å². The largest absolute Gasteiger partial charge is 0.507 e. The van der Waals surface area contributed by atoms with Crippen LogP contribution in [0.2, 0.25) is 15.1 Å². The van der Waals surface area contributed by atoms with E-state index in [4.69, 9.17) is 43.6 Å². The van der Waals surface area contributed by atoms with Crippen LogP contribution >= 0.6 is 34.8 Å². The molecular weight excluding hydrogens is 503 g/mol. The maximum absolute atomic E-state index is 13.1. The standard InChI is InChI=1S/C25H13Cl3O6/c26-12-3-1-11(2-4-12)19(20-22(29)15-9-13(27)5-7-17(15)33-24(20)31)21-23(30)16-10-14(28)6-8-18(16)34-25(21)32/h1-10,19,29-30H. The Morgan fingerprint density at radius 1 is 0.618 bits per heavy atom. The second-order valence-electron chi connectivity index (χ2n) is 7.57. The van der Waals surface area contributed by atoms with Crippen LogP contribution in [0.3, 0.4) is 0 Å². The highest BCUT2D eigenvalue weighted by molar-refractivity contribution is 6.31. The van der Waals surface area contributed by atoms with Gasteiger partial charge >= 0.3 is 11.3 Å². The minimum absolute atomic E-state index is 0.104. The summed E-state index contributed by atoms with van der Waals surface area (Å²) in [5.41, 5.74) is -1.78. The summed E-state index contributed by atoms with van der Waals surface area (Å²) in [5.74, 6) is -2.16. The Balaban J connectivity index is 1.91. The molecule has 2 heterocycles. The first-order valence-corrected chi connectivity index (χ1v) is 11.0. The fraction of sp³-hybridized carbons (Fsp3) is 0.0400. The van der Waals surface area contributed by atoms with E-state index >= 15 is 0 Å². The number of fused-ring (bicyclic) bond motifs is 2. The summed E-state index contributed by atoms with van der Waals surface area (Å²) in [5, 5.41) is 23.7. The highest BCUT2D eigenvalue weighted by atomic mass is 35.5. The second-order valence-corrected chi connectivity index (χ2v) is 8.88. The lowest BCUT2D eigenvalue weighted by Crippen LogP contribution is -2.21. The van der Waals surface area contributed by atoms with Gasteiger partial charge in [-0.1, -0.05) is 46.9 Å². The molecule has 0 saturated carbocycles. The molecule has 0 saturated heterocycles. The minimum atomic E-state index is -1.27. The van der Waals surface area contributed by atoms with Crippen LogP contribution in [-0.2, 0) is 0 Å². The van der Waals surface area contributed by atoms with Crippen LogP contribution in [0.5, 0.6) is 11.5 Å². The molecule has 0 amide bonds. The molecule has 0 aliphatic carbocycles. The van der Waals surface area contributed by atoms with E-state index < -0.39 is 28.7 Å². The Labute approximate surface area is 206 Å². The van der Waals surface area contributed by atoms with Crippen molar-refractivity contribution in [1.29, 1.82) is 0 Å². The van der Waals surface area contributed by atoms with E-state index in [1.165, 1.54) is 36.4 Å². The zero-order chi connectivity index (χ0) is 24.1. The first-order valence-electron chi connectivity index (χ1n) is 9.90. The van der Waals surface area contributed by atoms with Gasteiger partial charge in [0.1, 0.15) is 22.7 Å². The smallest absolute Gasteiger partial charge is 0.344 e. The number of hydrogen-bond acceptors (Lipinski definition) is 6. The Morgan fingerprint density at radius 3 is 1.47 bits per heavy atom. The number of halogens is 3. The molecule has 2 aromatic heterocycles. The topological polar surface area (TPSA) is 101 Å². The average Bonchev–Trinajstić information content (AvgIpc) is 2.80.